The molecule has 0 atom stereocenters. The van der Waals surface area contributed by atoms with E-state index in [4.69, 9.17) is 4.43 Å². The van der Waals surface area contributed by atoms with Gasteiger partial charge in [-0.1, -0.05) is 45.5 Å². The molecule has 110 valence electrons. The van der Waals surface area contributed by atoms with E-state index >= 15 is 0 Å². The lowest BCUT2D eigenvalue weighted by Crippen LogP contribution is -2.39. The van der Waals surface area contributed by atoms with Gasteiger partial charge in [0, 0.05) is 6.42 Å². The van der Waals surface area contributed by atoms with Crippen LogP contribution < -0.4 is 4.43 Å². The number of hydrogen-bond acceptors (Lipinski definition) is 2. The number of para-hydroxylation sites is 1. The maximum absolute atomic E-state index is 11.4. The summed E-state index contributed by atoms with van der Waals surface area (Å²) < 4.78 is 6.45. The van der Waals surface area contributed by atoms with E-state index < -0.39 is 8.32 Å². The van der Waals surface area contributed by atoms with Gasteiger partial charge in [0.1, 0.15) is 5.75 Å². The second-order valence-corrected chi connectivity index (χ2v) is 9.82. The molecule has 2 nitrogen and oxygen atoms in total. The van der Waals surface area contributed by atoms with Crippen LogP contribution in [0.5, 0.6) is 5.75 Å². The van der Waals surface area contributed by atoms with E-state index in [9.17, 15) is 4.79 Å². The van der Waals surface area contributed by atoms with Gasteiger partial charge in [-0.05, 0) is 42.3 Å². The molecule has 1 rings (SSSR count). The standard InChI is InChI=1S/C17H26O2Si/c1-5-16(18)14-13-15-11-9-10-12-17(15)19-20(6-2,7-3)8-4/h5,9-12H,1,6-8,13-14H2,2-4H3. The molecule has 0 amide bonds. The molecular weight excluding hydrogens is 264 g/mol. The van der Waals surface area contributed by atoms with Gasteiger partial charge in [0.15, 0.2) is 5.78 Å². The lowest BCUT2D eigenvalue weighted by Gasteiger charge is -2.30. The summed E-state index contributed by atoms with van der Waals surface area (Å²) in [4.78, 5) is 11.4. The monoisotopic (exact) mass is 290 g/mol. The van der Waals surface area contributed by atoms with Crippen molar-refractivity contribution in [2.45, 2.75) is 51.7 Å². The fourth-order valence-electron chi connectivity index (χ4n) is 2.37. The van der Waals surface area contributed by atoms with Gasteiger partial charge in [0.05, 0.1) is 0 Å². The molecular formula is C17H26O2Si. The van der Waals surface area contributed by atoms with Crippen LogP contribution in [0.2, 0.25) is 18.1 Å². The molecule has 3 heteroatoms. The second kappa shape index (κ2) is 8.05. The Hall–Kier alpha value is -1.35. The average molecular weight is 290 g/mol. The molecule has 0 aliphatic carbocycles. The van der Waals surface area contributed by atoms with Crippen molar-refractivity contribution in [3.05, 3.63) is 42.5 Å². The van der Waals surface area contributed by atoms with Crippen LogP contribution in [0.25, 0.3) is 0 Å². The summed E-state index contributed by atoms with van der Waals surface area (Å²) in [6.45, 7) is 10.2. The van der Waals surface area contributed by atoms with Gasteiger partial charge in [-0.2, -0.15) is 0 Å². The Morgan fingerprint density at radius 3 is 2.35 bits per heavy atom. The molecule has 1 aromatic rings. The fraction of sp³-hybridized carbons (Fsp3) is 0.471. The van der Waals surface area contributed by atoms with Crippen molar-refractivity contribution in [3.8, 4) is 5.75 Å². The Labute approximate surface area is 124 Å². The average Bonchev–Trinajstić information content (AvgIpc) is 2.51. The topological polar surface area (TPSA) is 26.3 Å². The molecule has 0 N–H and O–H groups in total. The van der Waals surface area contributed by atoms with Gasteiger partial charge >= 0.3 is 0 Å². The van der Waals surface area contributed by atoms with Crippen LogP contribution in [0, 0.1) is 0 Å². The Morgan fingerprint density at radius 2 is 1.80 bits per heavy atom. The van der Waals surface area contributed by atoms with Gasteiger partial charge in [0.2, 0.25) is 8.32 Å². The van der Waals surface area contributed by atoms with Crippen molar-refractivity contribution >= 4 is 14.1 Å². The summed E-state index contributed by atoms with van der Waals surface area (Å²) in [7, 11) is -1.66. The minimum absolute atomic E-state index is 0.0878. The highest BCUT2D eigenvalue weighted by atomic mass is 28.4. The van der Waals surface area contributed by atoms with Gasteiger partial charge in [-0.25, -0.2) is 0 Å². The van der Waals surface area contributed by atoms with Crippen molar-refractivity contribution in [2.24, 2.45) is 0 Å². The first-order valence-corrected chi connectivity index (χ1v) is 10.1. The molecule has 0 unspecified atom stereocenters. The van der Waals surface area contributed by atoms with Crippen molar-refractivity contribution in [1.29, 1.82) is 0 Å². The Morgan fingerprint density at radius 1 is 1.20 bits per heavy atom. The number of ketones is 1. The van der Waals surface area contributed by atoms with Crippen LogP contribution in [0.1, 0.15) is 32.8 Å². The highest BCUT2D eigenvalue weighted by Crippen LogP contribution is 2.28. The molecule has 0 radical (unpaired) electrons. The number of benzene rings is 1. The summed E-state index contributed by atoms with van der Waals surface area (Å²) in [5.74, 6) is 1.06. The second-order valence-electron chi connectivity index (χ2n) is 5.12. The summed E-state index contributed by atoms with van der Waals surface area (Å²) in [6, 6.07) is 11.5. The summed E-state index contributed by atoms with van der Waals surface area (Å²) >= 11 is 0. The van der Waals surface area contributed by atoms with E-state index in [1.807, 2.05) is 18.2 Å². The third-order valence-corrected chi connectivity index (χ3v) is 8.62. The zero-order chi connectivity index (χ0) is 15.0. The molecule has 0 aromatic heterocycles. The zero-order valence-electron chi connectivity index (χ0n) is 12.9. The number of allylic oxidation sites excluding steroid dienone is 1. The highest BCUT2D eigenvalue weighted by Gasteiger charge is 2.31. The minimum Gasteiger partial charge on any atom is -0.543 e. The van der Waals surface area contributed by atoms with E-state index in [1.54, 1.807) is 0 Å². The SMILES string of the molecule is C=CC(=O)CCc1ccccc1O[Si](CC)(CC)CC. The molecule has 0 aliphatic rings. The predicted molar refractivity (Wildman–Crippen MR) is 87.8 cm³/mol. The summed E-state index contributed by atoms with van der Waals surface area (Å²) in [5, 5.41) is 0. The lowest BCUT2D eigenvalue weighted by molar-refractivity contribution is -0.114. The molecule has 0 bridgehead atoms. The van der Waals surface area contributed by atoms with Crippen LogP contribution in [0.4, 0.5) is 0 Å². The predicted octanol–water partition coefficient (Wildman–Crippen LogP) is 4.76. The minimum atomic E-state index is -1.66. The molecule has 0 saturated heterocycles. The van der Waals surface area contributed by atoms with E-state index in [1.165, 1.54) is 6.08 Å². The van der Waals surface area contributed by atoms with Crippen LogP contribution in [0.15, 0.2) is 36.9 Å². The maximum atomic E-state index is 11.4. The van der Waals surface area contributed by atoms with Gasteiger partial charge in [0.25, 0.3) is 0 Å². The van der Waals surface area contributed by atoms with Gasteiger partial charge < -0.3 is 4.43 Å². The largest absolute Gasteiger partial charge is 0.543 e. The molecule has 0 spiro atoms. The third-order valence-electron chi connectivity index (χ3n) is 4.10. The van der Waals surface area contributed by atoms with Crippen molar-refractivity contribution in [3.63, 3.8) is 0 Å². The number of carbonyl (C=O) groups excluding carboxylic acids is 1. The first kappa shape index (κ1) is 16.7. The first-order valence-electron chi connectivity index (χ1n) is 7.53. The quantitative estimate of drug-likeness (QED) is 0.484. The lowest BCUT2D eigenvalue weighted by atomic mass is 10.1. The van der Waals surface area contributed by atoms with E-state index in [-0.39, 0.29) is 5.78 Å². The van der Waals surface area contributed by atoms with Crippen LogP contribution in [0.3, 0.4) is 0 Å². The van der Waals surface area contributed by atoms with Gasteiger partial charge in [-0.15, -0.1) is 0 Å². The Kier molecular flexibility index (Phi) is 6.72. The number of aryl methyl sites for hydroxylation is 1. The van der Waals surface area contributed by atoms with Crippen molar-refractivity contribution < 1.29 is 9.22 Å². The number of hydrogen-bond donors (Lipinski definition) is 0. The third kappa shape index (κ3) is 4.34. The summed E-state index contributed by atoms with van der Waals surface area (Å²) in [6.07, 6.45) is 2.62. The highest BCUT2D eigenvalue weighted by molar-refractivity contribution is 6.74. The molecule has 0 saturated carbocycles. The van der Waals surface area contributed by atoms with E-state index in [0.29, 0.717) is 6.42 Å². The van der Waals surface area contributed by atoms with Crippen molar-refractivity contribution in [1.82, 2.24) is 0 Å². The van der Waals surface area contributed by atoms with E-state index in [2.05, 4.69) is 33.4 Å². The van der Waals surface area contributed by atoms with Crippen LogP contribution in [-0.2, 0) is 11.2 Å². The number of carbonyl (C=O) groups is 1. The van der Waals surface area contributed by atoms with E-state index in [0.717, 1.165) is 35.9 Å². The maximum Gasteiger partial charge on any atom is 0.250 e. The normalized spacial score (nSPS) is 11.2. The Bertz CT molecular complexity index is 442. The fourth-order valence-corrected chi connectivity index (χ4v) is 4.97. The molecule has 0 fully saturated rings. The van der Waals surface area contributed by atoms with Gasteiger partial charge in [-0.3, -0.25) is 4.79 Å². The smallest absolute Gasteiger partial charge is 0.250 e. The molecule has 1 aromatic carbocycles. The molecule has 0 aliphatic heterocycles. The molecule has 20 heavy (non-hydrogen) atoms. The summed E-state index contributed by atoms with van der Waals surface area (Å²) in [5.41, 5.74) is 1.13. The number of rotatable bonds is 9. The van der Waals surface area contributed by atoms with Crippen molar-refractivity contribution in [2.75, 3.05) is 0 Å². The van der Waals surface area contributed by atoms with Crippen LogP contribution in [-0.4, -0.2) is 14.1 Å². The molecule has 0 heterocycles. The van der Waals surface area contributed by atoms with Crippen LogP contribution >= 0.6 is 0 Å². The Balaban J connectivity index is 2.89. The zero-order valence-corrected chi connectivity index (χ0v) is 13.9. The first-order chi connectivity index (χ1) is 9.60.